The number of aromatic nitrogens is 2. The van der Waals surface area contributed by atoms with Crippen LogP contribution in [0.3, 0.4) is 0 Å². The van der Waals surface area contributed by atoms with Crippen LogP contribution in [0.1, 0.15) is 39.5 Å². The maximum Gasteiger partial charge on any atom is 0.224 e. The van der Waals surface area contributed by atoms with E-state index in [1.165, 1.54) is 25.7 Å². The topological polar surface area (TPSA) is 49.8 Å². The van der Waals surface area contributed by atoms with Crippen LogP contribution in [0.2, 0.25) is 0 Å². The minimum Gasteiger partial charge on any atom is -0.369 e. The lowest BCUT2D eigenvalue weighted by atomic mass is 9.67. The molecule has 1 heterocycles. The molecule has 0 atom stereocenters. The maximum absolute atomic E-state index is 4.42. The smallest absolute Gasteiger partial charge is 0.224 e. The first kappa shape index (κ1) is 12.1. The highest BCUT2D eigenvalue weighted by Crippen LogP contribution is 2.43. The lowest BCUT2D eigenvalue weighted by Crippen LogP contribution is -2.36. The highest BCUT2D eigenvalue weighted by atomic mass is 15.1. The van der Waals surface area contributed by atoms with Crippen LogP contribution in [0.5, 0.6) is 0 Å². The minimum atomic E-state index is 0.517. The predicted octanol–water partition coefficient (Wildman–Crippen LogP) is 2.90. The van der Waals surface area contributed by atoms with Gasteiger partial charge in [-0.05, 0) is 37.7 Å². The molecule has 2 N–H and O–H groups in total. The number of hydrogen-bond acceptors (Lipinski definition) is 4. The molecule has 0 saturated heterocycles. The third kappa shape index (κ3) is 2.87. The van der Waals surface area contributed by atoms with E-state index in [4.69, 9.17) is 0 Å². The van der Waals surface area contributed by atoms with E-state index in [-0.39, 0.29) is 0 Å². The van der Waals surface area contributed by atoms with Crippen molar-refractivity contribution in [1.29, 1.82) is 0 Å². The summed E-state index contributed by atoms with van der Waals surface area (Å²) in [5.41, 5.74) is 0.517. The Hall–Kier alpha value is -1.32. The normalized spacial score (nSPS) is 17.3. The molecule has 94 valence electrons. The Labute approximate surface area is 103 Å². The van der Waals surface area contributed by atoms with Crippen molar-refractivity contribution in [3.8, 4) is 0 Å². The zero-order valence-corrected chi connectivity index (χ0v) is 10.8. The van der Waals surface area contributed by atoms with E-state index < -0.39 is 0 Å². The molecule has 1 aliphatic rings. The van der Waals surface area contributed by atoms with Crippen LogP contribution in [0.25, 0.3) is 0 Å². The molecular formula is C13H22N4. The van der Waals surface area contributed by atoms with Gasteiger partial charge in [0.25, 0.3) is 0 Å². The van der Waals surface area contributed by atoms with Crippen LogP contribution in [-0.2, 0) is 0 Å². The summed E-state index contributed by atoms with van der Waals surface area (Å²) in [5, 5.41) is 6.57. The van der Waals surface area contributed by atoms with Gasteiger partial charge in [-0.15, -0.1) is 0 Å². The molecule has 0 amide bonds. The maximum atomic E-state index is 4.42. The lowest BCUT2D eigenvalue weighted by molar-refractivity contribution is 0.145. The van der Waals surface area contributed by atoms with E-state index in [9.17, 15) is 0 Å². The Morgan fingerprint density at radius 2 is 2.12 bits per heavy atom. The van der Waals surface area contributed by atoms with Crippen LogP contribution in [0.15, 0.2) is 12.3 Å². The molecule has 1 fully saturated rings. The monoisotopic (exact) mass is 234 g/mol. The number of anilines is 2. The van der Waals surface area contributed by atoms with Gasteiger partial charge in [0, 0.05) is 19.3 Å². The van der Waals surface area contributed by atoms with Crippen LogP contribution in [0.4, 0.5) is 11.8 Å². The van der Waals surface area contributed by atoms with Crippen molar-refractivity contribution in [2.45, 2.75) is 39.5 Å². The van der Waals surface area contributed by atoms with E-state index >= 15 is 0 Å². The molecule has 1 aliphatic carbocycles. The fraction of sp³-hybridized carbons (Fsp3) is 0.692. The fourth-order valence-corrected chi connectivity index (χ4v) is 2.31. The van der Waals surface area contributed by atoms with Gasteiger partial charge in [0.2, 0.25) is 5.95 Å². The van der Waals surface area contributed by atoms with Gasteiger partial charge in [0.1, 0.15) is 5.82 Å². The molecule has 0 bridgehead atoms. The Kier molecular flexibility index (Phi) is 3.82. The van der Waals surface area contributed by atoms with Crippen molar-refractivity contribution < 1.29 is 0 Å². The highest BCUT2D eigenvalue weighted by Gasteiger charge is 2.34. The van der Waals surface area contributed by atoms with Crippen molar-refractivity contribution in [1.82, 2.24) is 9.97 Å². The van der Waals surface area contributed by atoms with Crippen LogP contribution in [0, 0.1) is 5.41 Å². The second kappa shape index (κ2) is 5.34. The van der Waals surface area contributed by atoms with Crippen molar-refractivity contribution >= 4 is 11.8 Å². The second-order valence-corrected chi connectivity index (χ2v) is 4.86. The molecule has 0 aliphatic heterocycles. The largest absolute Gasteiger partial charge is 0.369 e. The van der Waals surface area contributed by atoms with Gasteiger partial charge in [-0.1, -0.05) is 13.3 Å². The third-order valence-corrected chi connectivity index (χ3v) is 3.80. The Bertz CT molecular complexity index is 355. The van der Waals surface area contributed by atoms with E-state index in [1.807, 2.05) is 13.0 Å². The first-order chi connectivity index (χ1) is 8.28. The summed E-state index contributed by atoms with van der Waals surface area (Å²) < 4.78 is 0. The lowest BCUT2D eigenvalue weighted by Gasteiger charge is -2.41. The first-order valence-corrected chi connectivity index (χ1v) is 6.59. The summed E-state index contributed by atoms with van der Waals surface area (Å²) in [6, 6.07) is 1.93. The van der Waals surface area contributed by atoms with Crippen molar-refractivity contribution in [2.24, 2.45) is 5.41 Å². The van der Waals surface area contributed by atoms with Crippen molar-refractivity contribution in [3.63, 3.8) is 0 Å². The van der Waals surface area contributed by atoms with Crippen LogP contribution < -0.4 is 10.6 Å². The molecule has 0 spiro atoms. The molecule has 1 aromatic heterocycles. The zero-order chi connectivity index (χ0) is 12.1. The van der Waals surface area contributed by atoms with E-state index in [1.54, 1.807) is 6.20 Å². The van der Waals surface area contributed by atoms with E-state index in [0.717, 1.165) is 18.9 Å². The Morgan fingerprint density at radius 1 is 1.29 bits per heavy atom. The molecule has 4 nitrogen and oxygen atoms in total. The molecule has 1 saturated carbocycles. The summed E-state index contributed by atoms with van der Waals surface area (Å²) in [6.07, 6.45) is 7.13. The molecule has 0 unspecified atom stereocenters. The minimum absolute atomic E-state index is 0.517. The fourth-order valence-electron chi connectivity index (χ4n) is 2.31. The van der Waals surface area contributed by atoms with Crippen LogP contribution in [-0.4, -0.2) is 23.1 Å². The number of nitrogens with one attached hydrogen (secondary N) is 2. The quantitative estimate of drug-likeness (QED) is 0.794. The number of hydrogen-bond donors (Lipinski definition) is 2. The van der Waals surface area contributed by atoms with Gasteiger partial charge in [0.05, 0.1) is 0 Å². The molecule has 1 aromatic rings. The van der Waals surface area contributed by atoms with E-state index in [0.29, 0.717) is 11.4 Å². The Balaban J connectivity index is 1.92. The number of nitrogens with zero attached hydrogens (tertiary/aromatic N) is 2. The standard InChI is InChI=1S/C13H22N4/c1-3-13(7-5-8-13)10-16-11-6-9-15-12(17-11)14-4-2/h6,9H,3-5,7-8,10H2,1-2H3,(H2,14,15,16,17). The molecule has 2 rings (SSSR count). The summed E-state index contributed by atoms with van der Waals surface area (Å²) in [6.45, 7) is 6.21. The Morgan fingerprint density at radius 3 is 2.71 bits per heavy atom. The SMILES string of the molecule is CCNc1nccc(NCC2(CC)CCC2)n1. The summed E-state index contributed by atoms with van der Waals surface area (Å²) in [4.78, 5) is 8.59. The summed E-state index contributed by atoms with van der Waals surface area (Å²) >= 11 is 0. The van der Waals surface area contributed by atoms with Gasteiger partial charge in [-0.25, -0.2) is 4.98 Å². The molecular weight excluding hydrogens is 212 g/mol. The molecule has 0 aromatic carbocycles. The molecule has 4 heteroatoms. The highest BCUT2D eigenvalue weighted by molar-refractivity contribution is 5.39. The van der Waals surface area contributed by atoms with E-state index in [2.05, 4.69) is 27.5 Å². The van der Waals surface area contributed by atoms with Crippen LogP contribution >= 0.6 is 0 Å². The van der Waals surface area contributed by atoms with Gasteiger partial charge >= 0.3 is 0 Å². The van der Waals surface area contributed by atoms with Crippen molar-refractivity contribution in [3.05, 3.63) is 12.3 Å². The average molecular weight is 234 g/mol. The zero-order valence-electron chi connectivity index (χ0n) is 10.8. The third-order valence-electron chi connectivity index (χ3n) is 3.80. The first-order valence-electron chi connectivity index (χ1n) is 6.59. The predicted molar refractivity (Wildman–Crippen MR) is 71.3 cm³/mol. The second-order valence-electron chi connectivity index (χ2n) is 4.86. The number of rotatable bonds is 6. The molecule has 0 radical (unpaired) electrons. The van der Waals surface area contributed by atoms with Gasteiger partial charge in [-0.3, -0.25) is 0 Å². The average Bonchev–Trinajstić information content (AvgIpc) is 2.29. The molecule has 17 heavy (non-hydrogen) atoms. The van der Waals surface area contributed by atoms with Crippen molar-refractivity contribution in [2.75, 3.05) is 23.7 Å². The van der Waals surface area contributed by atoms with Gasteiger partial charge in [-0.2, -0.15) is 4.98 Å². The van der Waals surface area contributed by atoms with Gasteiger partial charge in [0.15, 0.2) is 0 Å². The van der Waals surface area contributed by atoms with Gasteiger partial charge < -0.3 is 10.6 Å². The summed E-state index contributed by atoms with van der Waals surface area (Å²) in [7, 11) is 0. The summed E-state index contributed by atoms with van der Waals surface area (Å²) in [5.74, 6) is 1.63.